The molecule has 0 radical (unpaired) electrons. The van der Waals surface area contributed by atoms with Gasteiger partial charge < -0.3 is 79.0 Å². The third-order valence-electron chi connectivity index (χ3n) is 19.3. The summed E-state index contributed by atoms with van der Waals surface area (Å²) < 4.78 is 51.2. The van der Waals surface area contributed by atoms with Gasteiger partial charge in [-0.15, -0.1) is 0 Å². The SMILES string of the molecule is C[C@@H]1CC[C@@]2(OC1)O[C@H]1C[C@H]3[C@@H]4CC=C5C[C@@H](O[C@@H]6O[C@H](CNC(=O)c7ccc([N+](=O)[O-])cc7)[C@@H](O[C@H]7O[C@H](C)[C@@H](O)[C@H](O)[C@@H]7O)[C@H](O)[C@H]6O[C@H]6O[C@H](C)[C@@H](O)[C@H](O)[C@@H]6O)CC[C@]5(C)[C@H]4CC[C@]3(C)[C@H]1[C@@H]2C. The van der Waals surface area contributed by atoms with Crippen molar-refractivity contribution in [2.45, 2.75) is 209 Å². The molecule has 20 heteroatoms. The zero-order valence-electron chi connectivity index (χ0n) is 42.0. The van der Waals surface area contributed by atoms with Crippen LogP contribution in [0.2, 0.25) is 0 Å². The molecule has 8 fully saturated rings. The molecule has 1 aromatic carbocycles. The van der Waals surface area contributed by atoms with Crippen molar-refractivity contribution in [3.63, 3.8) is 0 Å². The van der Waals surface area contributed by atoms with Crippen LogP contribution in [0.5, 0.6) is 0 Å². The number of nitro benzene ring substituents is 1. The second-order valence-corrected chi connectivity index (χ2v) is 23.4. The minimum absolute atomic E-state index is 0.0883. The first kappa shape index (κ1) is 52.7. The first-order chi connectivity index (χ1) is 34.1. The lowest BCUT2D eigenvalue weighted by molar-refractivity contribution is -0.386. The number of hydrogen-bond donors (Lipinski definition) is 8. The summed E-state index contributed by atoms with van der Waals surface area (Å²) >= 11 is 0. The molecule has 0 bridgehead atoms. The van der Waals surface area contributed by atoms with E-state index in [0.717, 1.165) is 51.6 Å². The number of carbonyl (C=O) groups excluding carboxylic acids is 1. The first-order valence-electron chi connectivity index (χ1n) is 26.4. The van der Waals surface area contributed by atoms with E-state index in [4.69, 9.17) is 37.9 Å². The summed E-state index contributed by atoms with van der Waals surface area (Å²) in [6.07, 6.45) is -12.3. The summed E-state index contributed by atoms with van der Waals surface area (Å²) in [7, 11) is 0. The van der Waals surface area contributed by atoms with Crippen LogP contribution in [0.4, 0.5) is 5.69 Å². The van der Waals surface area contributed by atoms with Crippen molar-refractivity contribution in [2.75, 3.05) is 13.2 Å². The highest BCUT2D eigenvalue weighted by molar-refractivity contribution is 5.94. The number of nitrogens with zero attached hydrogens (tertiary/aromatic N) is 1. The highest BCUT2D eigenvalue weighted by Crippen LogP contribution is 2.70. The first-order valence-corrected chi connectivity index (χ1v) is 26.4. The lowest BCUT2D eigenvalue weighted by atomic mass is 9.47. The maximum Gasteiger partial charge on any atom is 0.269 e. The van der Waals surface area contributed by atoms with E-state index < -0.39 is 115 Å². The van der Waals surface area contributed by atoms with E-state index in [1.807, 2.05) is 0 Å². The molecule has 0 unspecified atom stereocenters. The highest BCUT2D eigenvalue weighted by Gasteiger charge is 2.69. The molecule has 72 heavy (non-hydrogen) atoms. The summed E-state index contributed by atoms with van der Waals surface area (Å²) in [5.74, 6) is 1.70. The van der Waals surface area contributed by atoms with Gasteiger partial charge in [-0.3, -0.25) is 14.9 Å². The highest BCUT2D eigenvalue weighted by atomic mass is 16.8. The number of fused-ring (bicyclic) bond motifs is 7. The molecular formula is C52H76N2O18. The van der Waals surface area contributed by atoms with Gasteiger partial charge in [0.25, 0.3) is 11.6 Å². The number of carbonyl (C=O) groups is 1. The summed E-state index contributed by atoms with van der Waals surface area (Å²) in [6, 6.07) is 4.95. The van der Waals surface area contributed by atoms with Gasteiger partial charge in [-0.2, -0.15) is 0 Å². The molecule has 1 spiro atoms. The van der Waals surface area contributed by atoms with E-state index in [1.54, 1.807) is 0 Å². The monoisotopic (exact) mass is 1020 g/mol. The third-order valence-corrected chi connectivity index (χ3v) is 19.3. The molecule has 3 saturated carbocycles. The molecule has 5 heterocycles. The number of non-ortho nitro benzene ring substituents is 1. The third kappa shape index (κ3) is 9.08. The second kappa shape index (κ2) is 20.0. The van der Waals surface area contributed by atoms with E-state index in [1.165, 1.54) is 43.7 Å². The molecule has 4 aliphatic carbocycles. The molecule has 5 aliphatic heterocycles. The minimum atomic E-state index is -1.80. The Morgan fingerprint density at radius 2 is 1.42 bits per heavy atom. The molecule has 402 valence electrons. The zero-order valence-corrected chi connectivity index (χ0v) is 42.0. The Hall–Kier alpha value is -2.77. The van der Waals surface area contributed by atoms with Crippen molar-refractivity contribution in [2.24, 2.45) is 46.3 Å². The van der Waals surface area contributed by atoms with E-state index in [0.29, 0.717) is 48.3 Å². The lowest BCUT2D eigenvalue weighted by Crippen LogP contribution is -2.67. The number of aliphatic hydroxyl groups excluding tert-OH is 7. The summed E-state index contributed by atoms with van der Waals surface area (Å²) in [5, 5.41) is 91.1. The van der Waals surface area contributed by atoms with Gasteiger partial charge in [0.1, 0.15) is 61.0 Å². The van der Waals surface area contributed by atoms with E-state index in [-0.39, 0.29) is 34.7 Å². The number of nitro groups is 1. The fourth-order valence-electron chi connectivity index (χ4n) is 15.0. The Labute approximate surface area is 419 Å². The fourth-order valence-corrected chi connectivity index (χ4v) is 15.0. The lowest BCUT2D eigenvalue weighted by Gasteiger charge is -2.59. The number of aliphatic hydroxyl groups is 7. The number of benzene rings is 1. The average Bonchev–Trinajstić information content (AvgIpc) is 3.81. The number of ether oxygens (including phenoxy) is 8. The molecule has 5 saturated heterocycles. The molecule has 20 nitrogen and oxygen atoms in total. The number of nitrogens with one attached hydrogen (secondary N) is 1. The molecular weight excluding hydrogens is 941 g/mol. The molecule has 26 atom stereocenters. The average molecular weight is 1020 g/mol. The van der Waals surface area contributed by atoms with E-state index in [2.05, 4.69) is 39.1 Å². The normalized spacial score (nSPS) is 51.1. The Morgan fingerprint density at radius 1 is 0.764 bits per heavy atom. The Bertz CT molecular complexity index is 2160. The zero-order chi connectivity index (χ0) is 51.3. The van der Waals surface area contributed by atoms with Crippen molar-refractivity contribution in [1.29, 1.82) is 0 Å². The van der Waals surface area contributed by atoms with Crippen LogP contribution in [0.1, 0.15) is 110 Å². The smallest absolute Gasteiger partial charge is 0.269 e. The van der Waals surface area contributed by atoms with Crippen molar-refractivity contribution in [3.05, 3.63) is 51.6 Å². The quantitative estimate of drug-likeness (QED) is 0.0950. The van der Waals surface area contributed by atoms with Crippen molar-refractivity contribution in [3.8, 4) is 0 Å². The summed E-state index contributed by atoms with van der Waals surface area (Å²) in [4.78, 5) is 24.2. The number of hydrogen-bond acceptors (Lipinski definition) is 18. The molecule has 10 rings (SSSR count). The largest absolute Gasteiger partial charge is 0.388 e. The van der Waals surface area contributed by atoms with Gasteiger partial charge in [0.2, 0.25) is 0 Å². The van der Waals surface area contributed by atoms with E-state index in [9.17, 15) is 50.7 Å². The topological polar surface area (TPSA) is 288 Å². The predicted octanol–water partition coefficient (Wildman–Crippen LogP) is 2.59. The minimum Gasteiger partial charge on any atom is -0.388 e. The van der Waals surface area contributed by atoms with Gasteiger partial charge in [0, 0.05) is 36.6 Å². The van der Waals surface area contributed by atoms with Gasteiger partial charge in [0.15, 0.2) is 24.7 Å². The van der Waals surface area contributed by atoms with Crippen molar-refractivity contribution in [1.82, 2.24) is 5.32 Å². The van der Waals surface area contributed by atoms with Crippen LogP contribution in [0.15, 0.2) is 35.9 Å². The van der Waals surface area contributed by atoms with Gasteiger partial charge in [-0.25, -0.2) is 0 Å². The van der Waals surface area contributed by atoms with Crippen molar-refractivity contribution < 1.29 is 83.4 Å². The number of allylic oxidation sites excluding steroid dienone is 1. The van der Waals surface area contributed by atoms with Crippen LogP contribution >= 0.6 is 0 Å². The van der Waals surface area contributed by atoms with Gasteiger partial charge >= 0.3 is 0 Å². The molecule has 1 amide bonds. The van der Waals surface area contributed by atoms with Crippen LogP contribution in [-0.2, 0) is 37.9 Å². The van der Waals surface area contributed by atoms with Crippen LogP contribution in [0.25, 0.3) is 0 Å². The maximum atomic E-state index is 13.5. The second-order valence-electron chi connectivity index (χ2n) is 23.4. The maximum absolute atomic E-state index is 13.5. The Kier molecular flexibility index (Phi) is 14.6. The van der Waals surface area contributed by atoms with Crippen LogP contribution < -0.4 is 5.32 Å². The molecule has 0 aromatic heterocycles. The Balaban J connectivity index is 0.898. The molecule has 1 aromatic rings. The standard InChI is InChI=1S/C52H76N2O18/c1-23-13-18-52(65-22-23)24(2)36-34(72-52)20-33-31-12-9-28-19-30(14-16-50(28,5)32(31)15-17-51(33,36)6)68-49-45(71-48-42(60)40(58)38(56)26(4)67-48)43(61)44(70-47-41(59)39(57)37(55)25(3)66-47)35(69-49)21-53-46(62)27-7-10-29(11-8-27)54(63)64/h7-11,23-26,30-45,47-49,55-61H,12-22H2,1-6H3,(H,53,62)/t23-,24+,25-,26-,30+,31-,32+,33+,34+,35-,36+,37-,38-,39+,40+,41+,42+,43+,44-,45-,47-,48-,49-,50+,51+,52-/m1/s1. The van der Waals surface area contributed by atoms with Gasteiger partial charge in [-0.05, 0) is 118 Å². The fraction of sp³-hybridized carbons (Fsp3) is 0.827. The van der Waals surface area contributed by atoms with Gasteiger partial charge in [0.05, 0.1) is 35.9 Å². The molecule has 8 N–H and O–H groups in total. The summed E-state index contributed by atoms with van der Waals surface area (Å²) in [6.45, 7) is 12.9. The van der Waals surface area contributed by atoms with E-state index >= 15 is 0 Å². The molecule has 9 aliphatic rings. The van der Waals surface area contributed by atoms with Crippen LogP contribution in [0, 0.1) is 56.5 Å². The van der Waals surface area contributed by atoms with Crippen LogP contribution in [0.3, 0.4) is 0 Å². The number of rotatable bonds is 10. The van der Waals surface area contributed by atoms with Crippen molar-refractivity contribution >= 4 is 11.6 Å². The summed E-state index contributed by atoms with van der Waals surface area (Å²) in [5.41, 5.74) is 1.23. The predicted molar refractivity (Wildman–Crippen MR) is 251 cm³/mol. The number of amides is 1. The van der Waals surface area contributed by atoms with Crippen LogP contribution in [-0.4, -0.2) is 170 Å². The Morgan fingerprint density at radius 3 is 2.04 bits per heavy atom. The van der Waals surface area contributed by atoms with Gasteiger partial charge in [-0.1, -0.05) is 39.3 Å².